The molecule has 0 unspecified atom stereocenters. The molecule has 0 aliphatic rings. The van der Waals surface area contributed by atoms with Crippen molar-refractivity contribution in [2.75, 3.05) is 11.9 Å². The van der Waals surface area contributed by atoms with Gasteiger partial charge in [-0.25, -0.2) is 0 Å². The lowest BCUT2D eigenvalue weighted by molar-refractivity contribution is 0.270. The van der Waals surface area contributed by atoms with Crippen LogP contribution in [0, 0.1) is 13.8 Å². The Morgan fingerprint density at radius 2 is 1.69 bits per heavy atom. The van der Waals surface area contributed by atoms with Crippen molar-refractivity contribution in [3.63, 3.8) is 0 Å². The molecule has 0 fully saturated rings. The summed E-state index contributed by atoms with van der Waals surface area (Å²) in [6, 6.07) is 24.9. The highest BCUT2D eigenvalue weighted by Crippen LogP contribution is 2.38. The van der Waals surface area contributed by atoms with Gasteiger partial charge in [0.1, 0.15) is 6.61 Å². The molecule has 0 aromatic heterocycles. The minimum absolute atomic E-state index is 0.418. The number of hydrogen-bond donors (Lipinski definition) is 1. The summed E-state index contributed by atoms with van der Waals surface area (Å²) in [5.74, 6) is 1.24. The first kappa shape index (κ1) is 22.0. The number of ether oxygens (including phenoxy) is 2. The zero-order valence-corrected chi connectivity index (χ0v) is 19.5. The third-order valence-electron chi connectivity index (χ3n) is 5.49. The Bertz CT molecular complexity index is 1230. The van der Waals surface area contributed by atoms with E-state index in [0.29, 0.717) is 36.3 Å². The van der Waals surface area contributed by atoms with E-state index in [1.54, 1.807) is 0 Å². The summed E-state index contributed by atoms with van der Waals surface area (Å²) in [5.41, 5.74) is 5.73. The molecular formula is C28H28ClNO2. The van der Waals surface area contributed by atoms with Crippen LogP contribution in [0.15, 0.2) is 72.8 Å². The van der Waals surface area contributed by atoms with Crippen LogP contribution in [0.25, 0.3) is 10.8 Å². The molecule has 0 aliphatic carbocycles. The van der Waals surface area contributed by atoms with Gasteiger partial charge >= 0.3 is 0 Å². The molecule has 0 saturated carbocycles. The van der Waals surface area contributed by atoms with Crippen LogP contribution in [0.2, 0.25) is 5.02 Å². The molecule has 4 rings (SSSR count). The van der Waals surface area contributed by atoms with Crippen molar-refractivity contribution >= 4 is 28.1 Å². The van der Waals surface area contributed by atoms with Gasteiger partial charge in [0.15, 0.2) is 11.5 Å². The Balaban J connectivity index is 1.54. The van der Waals surface area contributed by atoms with Crippen molar-refractivity contribution in [1.82, 2.24) is 0 Å². The van der Waals surface area contributed by atoms with Crippen LogP contribution in [0.4, 0.5) is 5.69 Å². The molecule has 0 atom stereocenters. The van der Waals surface area contributed by atoms with Gasteiger partial charge in [-0.3, -0.25) is 0 Å². The zero-order valence-electron chi connectivity index (χ0n) is 18.7. The predicted octanol–water partition coefficient (Wildman–Crippen LogP) is 7.70. The maximum Gasteiger partial charge on any atom is 0.180 e. The third-order valence-corrected chi connectivity index (χ3v) is 5.77. The van der Waals surface area contributed by atoms with Gasteiger partial charge in [0.2, 0.25) is 0 Å². The van der Waals surface area contributed by atoms with Crippen molar-refractivity contribution in [3.05, 3.63) is 100 Å². The van der Waals surface area contributed by atoms with E-state index in [0.717, 1.165) is 16.8 Å². The predicted molar refractivity (Wildman–Crippen MR) is 134 cm³/mol. The van der Waals surface area contributed by atoms with Crippen LogP contribution in [-0.4, -0.2) is 6.61 Å². The normalized spacial score (nSPS) is 10.9. The van der Waals surface area contributed by atoms with Crippen molar-refractivity contribution in [1.29, 1.82) is 0 Å². The summed E-state index contributed by atoms with van der Waals surface area (Å²) in [7, 11) is 0. The Hall–Kier alpha value is -3.17. The molecule has 32 heavy (non-hydrogen) atoms. The molecule has 164 valence electrons. The number of anilines is 1. The summed E-state index contributed by atoms with van der Waals surface area (Å²) in [6.45, 7) is 7.77. The van der Waals surface area contributed by atoms with Crippen LogP contribution in [0.1, 0.15) is 29.2 Å². The van der Waals surface area contributed by atoms with Crippen molar-refractivity contribution in [2.24, 2.45) is 0 Å². The van der Waals surface area contributed by atoms with Crippen LogP contribution in [0.5, 0.6) is 11.5 Å². The van der Waals surface area contributed by atoms with Gasteiger partial charge in [-0.15, -0.1) is 0 Å². The SMILES string of the molecule is CCOc1cc(CNc2ccc(C)cc2C)cc(Cl)c1OCc1cccc2ccccc12. The fourth-order valence-corrected chi connectivity index (χ4v) is 4.19. The van der Waals surface area contributed by atoms with E-state index in [-0.39, 0.29) is 0 Å². The third kappa shape index (κ3) is 5.00. The maximum absolute atomic E-state index is 6.66. The quantitative estimate of drug-likeness (QED) is 0.301. The maximum atomic E-state index is 6.66. The highest BCUT2D eigenvalue weighted by Gasteiger charge is 2.14. The first-order chi connectivity index (χ1) is 15.5. The summed E-state index contributed by atoms with van der Waals surface area (Å²) in [6.07, 6.45) is 0. The average molecular weight is 446 g/mol. The highest BCUT2D eigenvalue weighted by molar-refractivity contribution is 6.32. The first-order valence-corrected chi connectivity index (χ1v) is 11.3. The molecule has 0 amide bonds. The lowest BCUT2D eigenvalue weighted by Gasteiger charge is -2.17. The standard InChI is InChI=1S/C28H28ClNO2/c1-4-31-27-16-21(17-30-26-13-12-19(2)14-20(26)3)15-25(29)28(27)32-18-23-10-7-9-22-8-5-6-11-24(22)23/h5-16,30H,4,17-18H2,1-3H3. The Kier molecular flexibility index (Phi) is 6.87. The average Bonchev–Trinajstić information content (AvgIpc) is 2.78. The molecule has 3 nitrogen and oxygen atoms in total. The second-order valence-corrected chi connectivity index (χ2v) is 8.34. The lowest BCUT2D eigenvalue weighted by Crippen LogP contribution is -2.05. The molecule has 0 aliphatic heterocycles. The molecule has 0 saturated heterocycles. The van der Waals surface area contributed by atoms with E-state index >= 15 is 0 Å². The van der Waals surface area contributed by atoms with Crippen molar-refractivity contribution < 1.29 is 9.47 Å². The van der Waals surface area contributed by atoms with Gasteiger partial charge in [0, 0.05) is 12.2 Å². The number of benzene rings is 4. The van der Waals surface area contributed by atoms with E-state index in [1.165, 1.54) is 21.9 Å². The van der Waals surface area contributed by atoms with Crippen LogP contribution in [0.3, 0.4) is 0 Å². The second kappa shape index (κ2) is 9.97. The summed E-state index contributed by atoms with van der Waals surface area (Å²) < 4.78 is 12.1. The van der Waals surface area contributed by atoms with Gasteiger partial charge in [0.25, 0.3) is 0 Å². The van der Waals surface area contributed by atoms with Gasteiger partial charge in [-0.05, 0) is 66.4 Å². The van der Waals surface area contributed by atoms with Gasteiger partial charge in [-0.1, -0.05) is 71.8 Å². The largest absolute Gasteiger partial charge is 0.490 e. The Labute approximate surface area is 194 Å². The number of hydrogen-bond acceptors (Lipinski definition) is 3. The van der Waals surface area contributed by atoms with Crippen LogP contribution >= 0.6 is 11.6 Å². The van der Waals surface area contributed by atoms with Gasteiger partial charge in [0.05, 0.1) is 11.6 Å². The molecule has 0 heterocycles. The monoisotopic (exact) mass is 445 g/mol. The molecule has 4 heteroatoms. The molecule has 0 bridgehead atoms. The summed E-state index contributed by atoms with van der Waals surface area (Å²) >= 11 is 6.66. The number of nitrogens with one attached hydrogen (secondary N) is 1. The Morgan fingerprint density at radius 3 is 2.50 bits per heavy atom. The zero-order chi connectivity index (χ0) is 22.5. The fourth-order valence-electron chi connectivity index (χ4n) is 3.90. The summed E-state index contributed by atoms with van der Waals surface area (Å²) in [5, 5.41) is 6.42. The topological polar surface area (TPSA) is 30.5 Å². The second-order valence-electron chi connectivity index (χ2n) is 7.94. The Morgan fingerprint density at radius 1 is 0.875 bits per heavy atom. The van der Waals surface area contributed by atoms with E-state index in [9.17, 15) is 0 Å². The minimum Gasteiger partial charge on any atom is -0.490 e. The molecular weight excluding hydrogens is 418 g/mol. The number of halogens is 1. The highest BCUT2D eigenvalue weighted by atomic mass is 35.5. The van der Waals surface area contributed by atoms with E-state index in [2.05, 4.69) is 61.6 Å². The van der Waals surface area contributed by atoms with Gasteiger partial charge in [-0.2, -0.15) is 0 Å². The minimum atomic E-state index is 0.418. The number of fused-ring (bicyclic) bond motifs is 1. The lowest BCUT2D eigenvalue weighted by atomic mass is 10.1. The fraction of sp³-hybridized carbons (Fsp3) is 0.214. The number of aryl methyl sites for hydroxylation is 2. The van der Waals surface area contributed by atoms with E-state index < -0.39 is 0 Å². The van der Waals surface area contributed by atoms with Crippen molar-refractivity contribution in [3.8, 4) is 11.5 Å². The van der Waals surface area contributed by atoms with Gasteiger partial charge < -0.3 is 14.8 Å². The summed E-state index contributed by atoms with van der Waals surface area (Å²) in [4.78, 5) is 0. The number of rotatable bonds is 8. The van der Waals surface area contributed by atoms with Crippen LogP contribution in [-0.2, 0) is 13.2 Å². The molecule has 0 spiro atoms. The molecule has 0 radical (unpaired) electrons. The first-order valence-electron chi connectivity index (χ1n) is 10.9. The molecule has 4 aromatic rings. The molecule has 1 N–H and O–H groups in total. The molecule has 4 aromatic carbocycles. The van der Waals surface area contributed by atoms with E-state index in [1.807, 2.05) is 37.3 Å². The van der Waals surface area contributed by atoms with Crippen LogP contribution < -0.4 is 14.8 Å². The van der Waals surface area contributed by atoms with E-state index in [4.69, 9.17) is 21.1 Å². The van der Waals surface area contributed by atoms with Crippen molar-refractivity contribution in [2.45, 2.75) is 33.9 Å². The smallest absolute Gasteiger partial charge is 0.180 e.